The minimum Gasteiger partial charge on any atom is -0.341 e. The quantitative estimate of drug-likeness (QED) is 0.885. The highest BCUT2D eigenvalue weighted by Crippen LogP contribution is 2.61. The Morgan fingerprint density at radius 2 is 1.48 bits per heavy atom. The second-order valence-corrected chi connectivity index (χ2v) is 9.58. The Kier molecular flexibility index (Phi) is 4.25. The Morgan fingerprint density at radius 3 is 2.04 bits per heavy atom. The van der Waals surface area contributed by atoms with E-state index >= 15 is 0 Å². The first-order valence-electron chi connectivity index (χ1n) is 10.8. The summed E-state index contributed by atoms with van der Waals surface area (Å²) in [6.07, 6.45) is 9.58. The fraction of sp³-hybridized carbons (Fsp3) is 0.652. The first-order valence-corrected chi connectivity index (χ1v) is 10.8. The lowest BCUT2D eigenvalue weighted by molar-refractivity contribution is -0.143. The number of nitrogens with one attached hydrogen (secondary N) is 1. The van der Waals surface area contributed by atoms with E-state index in [4.69, 9.17) is 0 Å². The highest BCUT2D eigenvalue weighted by Gasteiger charge is 2.57. The Balaban J connectivity index is 1.45. The topological polar surface area (TPSA) is 49.4 Å². The number of likely N-dealkylation sites (tertiary alicyclic amines) is 1. The molecule has 5 fully saturated rings. The van der Waals surface area contributed by atoms with Crippen LogP contribution < -0.4 is 5.32 Å². The maximum Gasteiger partial charge on any atom is 0.251 e. The molecule has 1 atom stereocenters. The molecule has 0 spiro atoms. The smallest absolute Gasteiger partial charge is 0.251 e. The second-order valence-electron chi connectivity index (χ2n) is 9.58. The molecule has 4 saturated carbocycles. The second kappa shape index (κ2) is 6.65. The molecule has 0 radical (unpaired) electrons. The van der Waals surface area contributed by atoms with Crippen LogP contribution in [0, 0.1) is 23.2 Å². The molecule has 6 rings (SSSR count). The largest absolute Gasteiger partial charge is 0.341 e. The zero-order chi connectivity index (χ0) is 18.4. The monoisotopic (exact) mass is 366 g/mol. The molecule has 4 bridgehead atoms. The van der Waals surface area contributed by atoms with E-state index in [9.17, 15) is 9.59 Å². The molecule has 1 heterocycles. The molecule has 1 aromatic carbocycles. The molecule has 0 aromatic heterocycles. The summed E-state index contributed by atoms with van der Waals surface area (Å²) in [6.45, 7) is 1.70. The predicted molar refractivity (Wildman–Crippen MR) is 104 cm³/mol. The van der Waals surface area contributed by atoms with E-state index < -0.39 is 0 Å². The van der Waals surface area contributed by atoms with Gasteiger partial charge in [-0.25, -0.2) is 0 Å². The lowest BCUT2D eigenvalue weighted by atomic mass is 9.47. The van der Waals surface area contributed by atoms with Crippen molar-refractivity contribution in [3.8, 4) is 0 Å². The van der Waals surface area contributed by atoms with Crippen LogP contribution in [0.1, 0.15) is 61.7 Å². The average molecular weight is 367 g/mol. The maximum absolute atomic E-state index is 13.5. The lowest BCUT2D eigenvalue weighted by Crippen LogP contribution is -2.62. The van der Waals surface area contributed by atoms with Gasteiger partial charge in [-0.3, -0.25) is 9.59 Å². The molecule has 1 unspecified atom stereocenters. The molecule has 4 nitrogen and oxygen atoms in total. The van der Waals surface area contributed by atoms with Gasteiger partial charge in [0.1, 0.15) is 6.04 Å². The zero-order valence-corrected chi connectivity index (χ0v) is 16.0. The lowest BCUT2D eigenvalue weighted by Gasteiger charge is -2.59. The summed E-state index contributed by atoms with van der Waals surface area (Å²) in [5.74, 6) is 2.37. The first-order chi connectivity index (χ1) is 13.1. The van der Waals surface area contributed by atoms with E-state index in [-0.39, 0.29) is 23.3 Å². The van der Waals surface area contributed by atoms with Crippen LogP contribution in [0.5, 0.6) is 0 Å². The average Bonchev–Trinajstić information content (AvgIpc) is 3.20. The fourth-order valence-electron chi connectivity index (χ4n) is 6.93. The summed E-state index contributed by atoms with van der Waals surface area (Å²) in [5.41, 5.74) is 0.639. The number of hydrogen-bond acceptors (Lipinski definition) is 2. The highest BCUT2D eigenvalue weighted by molar-refractivity contribution is 5.97. The molecule has 1 aliphatic heterocycles. The van der Waals surface area contributed by atoms with Gasteiger partial charge in [-0.2, -0.15) is 0 Å². The standard InChI is InChI=1S/C23H30N2O2/c26-21(19-6-2-1-3-7-19)24-20(22(27)25-8-4-5-9-25)23-13-16-10-17(14-23)12-18(11-16)15-23/h1-3,6-7,16-18,20H,4-5,8-15H2,(H,24,26). The summed E-state index contributed by atoms with van der Waals surface area (Å²) >= 11 is 0. The van der Waals surface area contributed by atoms with E-state index in [0.717, 1.165) is 62.9 Å². The van der Waals surface area contributed by atoms with E-state index in [1.165, 1.54) is 19.3 Å². The van der Waals surface area contributed by atoms with E-state index in [2.05, 4.69) is 5.32 Å². The Morgan fingerprint density at radius 1 is 0.926 bits per heavy atom. The summed E-state index contributed by atoms with van der Waals surface area (Å²) in [6, 6.07) is 9.02. The molecular weight excluding hydrogens is 336 g/mol. The van der Waals surface area contributed by atoms with Crippen LogP contribution in [0.3, 0.4) is 0 Å². The van der Waals surface area contributed by atoms with Crippen LogP contribution in [0.4, 0.5) is 0 Å². The molecule has 5 aliphatic rings. The van der Waals surface area contributed by atoms with Gasteiger partial charge in [0.2, 0.25) is 5.91 Å². The van der Waals surface area contributed by atoms with Crippen LogP contribution in [-0.2, 0) is 4.79 Å². The molecule has 4 aliphatic carbocycles. The zero-order valence-electron chi connectivity index (χ0n) is 16.0. The van der Waals surface area contributed by atoms with Gasteiger partial charge in [0.25, 0.3) is 5.91 Å². The third-order valence-electron chi connectivity index (χ3n) is 7.67. The number of carbonyl (C=O) groups excluding carboxylic acids is 2. The van der Waals surface area contributed by atoms with Gasteiger partial charge in [-0.05, 0) is 81.3 Å². The van der Waals surface area contributed by atoms with Crippen molar-refractivity contribution in [1.29, 1.82) is 0 Å². The number of nitrogens with zero attached hydrogens (tertiary/aromatic N) is 1. The van der Waals surface area contributed by atoms with Crippen molar-refractivity contribution in [3.63, 3.8) is 0 Å². The molecular formula is C23H30N2O2. The predicted octanol–water partition coefficient (Wildman–Crippen LogP) is 3.62. The van der Waals surface area contributed by atoms with Crippen LogP contribution in [0.2, 0.25) is 0 Å². The van der Waals surface area contributed by atoms with Gasteiger partial charge < -0.3 is 10.2 Å². The number of hydrogen-bond donors (Lipinski definition) is 1. The number of rotatable bonds is 4. The number of amides is 2. The Hall–Kier alpha value is -1.84. The van der Waals surface area contributed by atoms with Gasteiger partial charge in [0.15, 0.2) is 0 Å². The van der Waals surface area contributed by atoms with Crippen LogP contribution >= 0.6 is 0 Å². The van der Waals surface area contributed by atoms with Crippen molar-refractivity contribution in [2.75, 3.05) is 13.1 Å². The van der Waals surface area contributed by atoms with Gasteiger partial charge in [-0.15, -0.1) is 0 Å². The molecule has 4 heteroatoms. The summed E-state index contributed by atoms with van der Waals surface area (Å²) in [4.78, 5) is 28.5. The Bertz CT molecular complexity index is 688. The summed E-state index contributed by atoms with van der Waals surface area (Å²) in [7, 11) is 0. The molecule has 1 saturated heterocycles. The van der Waals surface area contributed by atoms with Crippen molar-refractivity contribution < 1.29 is 9.59 Å². The fourth-order valence-corrected chi connectivity index (χ4v) is 6.93. The summed E-state index contributed by atoms with van der Waals surface area (Å²) < 4.78 is 0. The van der Waals surface area contributed by atoms with Gasteiger partial charge in [-0.1, -0.05) is 18.2 Å². The minimum absolute atomic E-state index is 0.0150. The maximum atomic E-state index is 13.5. The van der Waals surface area contributed by atoms with Crippen molar-refractivity contribution in [2.24, 2.45) is 23.2 Å². The van der Waals surface area contributed by atoms with Gasteiger partial charge in [0, 0.05) is 24.1 Å². The van der Waals surface area contributed by atoms with Crippen molar-refractivity contribution in [3.05, 3.63) is 35.9 Å². The van der Waals surface area contributed by atoms with E-state index in [1.54, 1.807) is 0 Å². The third-order valence-corrected chi connectivity index (χ3v) is 7.67. The summed E-state index contributed by atoms with van der Waals surface area (Å²) in [5, 5.41) is 3.24. The van der Waals surface area contributed by atoms with Crippen molar-refractivity contribution >= 4 is 11.8 Å². The number of carbonyl (C=O) groups is 2. The van der Waals surface area contributed by atoms with E-state index in [1.807, 2.05) is 35.2 Å². The molecule has 144 valence electrons. The van der Waals surface area contributed by atoms with Crippen molar-refractivity contribution in [2.45, 2.75) is 57.4 Å². The SMILES string of the molecule is O=C(NC(C(=O)N1CCCC1)C12CC3CC(CC(C3)C1)C2)c1ccccc1. The normalized spacial score (nSPS) is 35.3. The molecule has 2 amide bonds. The van der Waals surface area contributed by atoms with Gasteiger partial charge >= 0.3 is 0 Å². The first kappa shape index (κ1) is 17.3. The molecule has 27 heavy (non-hydrogen) atoms. The van der Waals surface area contributed by atoms with Crippen LogP contribution in [0.15, 0.2) is 30.3 Å². The Labute approximate surface area is 161 Å². The molecule has 1 N–H and O–H groups in total. The van der Waals surface area contributed by atoms with E-state index in [0.29, 0.717) is 5.56 Å². The minimum atomic E-state index is -0.350. The molecule has 1 aromatic rings. The third kappa shape index (κ3) is 3.07. The van der Waals surface area contributed by atoms with Crippen LogP contribution in [-0.4, -0.2) is 35.8 Å². The highest BCUT2D eigenvalue weighted by atomic mass is 16.2. The van der Waals surface area contributed by atoms with Gasteiger partial charge in [0.05, 0.1) is 0 Å². The van der Waals surface area contributed by atoms with Crippen molar-refractivity contribution in [1.82, 2.24) is 10.2 Å². The number of benzene rings is 1. The van der Waals surface area contributed by atoms with Crippen LogP contribution in [0.25, 0.3) is 0 Å².